The van der Waals surface area contributed by atoms with Crippen LogP contribution in [-0.4, -0.2) is 12.1 Å². The van der Waals surface area contributed by atoms with Gasteiger partial charge < -0.3 is 10.6 Å². The molecule has 1 unspecified atom stereocenters. The first kappa shape index (κ1) is 11.5. The van der Waals surface area contributed by atoms with E-state index in [-0.39, 0.29) is 6.03 Å². The second-order valence-corrected chi connectivity index (χ2v) is 5.84. The molecule has 2 N–H and O–H groups in total. The van der Waals surface area contributed by atoms with Gasteiger partial charge in [0.2, 0.25) is 0 Å². The second-order valence-electron chi connectivity index (χ2n) is 4.47. The Morgan fingerprint density at radius 2 is 2.31 bits per heavy atom. The van der Waals surface area contributed by atoms with Gasteiger partial charge in [0.05, 0.1) is 6.54 Å². The number of hydrogen-bond acceptors (Lipinski definition) is 2. The van der Waals surface area contributed by atoms with Gasteiger partial charge >= 0.3 is 6.03 Å². The number of thiophene rings is 1. The fourth-order valence-electron chi connectivity index (χ4n) is 1.72. The van der Waals surface area contributed by atoms with E-state index in [9.17, 15) is 4.79 Å². The molecule has 1 fully saturated rings. The van der Waals surface area contributed by atoms with Crippen LogP contribution < -0.4 is 10.6 Å². The van der Waals surface area contributed by atoms with Crippen LogP contribution in [0.3, 0.4) is 0 Å². The van der Waals surface area contributed by atoms with Crippen LogP contribution in [0.4, 0.5) is 4.79 Å². The van der Waals surface area contributed by atoms with Crippen LogP contribution in [0.5, 0.6) is 0 Å². The Morgan fingerprint density at radius 3 is 2.88 bits per heavy atom. The zero-order chi connectivity index (χ0) is 11.5. The molecule has 1 saturated carbocycles. The Hall–Kier alpha value is -1.03. The zero-order valence-electron chi connectivity index (χ0n) is 9.75. The number of rotatable bonds is 4. The standard InChI is InChI=1S/C12H18N2OS/c1-8-3-6-11(16-8)7-13-12(15)14-9(2)10-4-5-10/h3,6,9-10H,4-5,7H2,1-2H3,(H2,13,14,15). The van der Waals surface area contributed by atoms with Gasteiger partial charge in [-0.2, -0.15) is 0 Å². The number of urea groups is 1. The van der Waals surface area contributed by atoms with Crippen molar-refractivity contribution in [3.8, 4) is 0 Å². The molecule has 0 spiro atoms. The normalized spacial score (nSPS) is 16.9. The van der Waals surface area contributed by atoms with Crippen LogP contribution in [0, 0.1) is 12.8 Å². The number of carbonyl (C=O) groups excluding carboxylic acids is 1. The van der Waals surface area contributed by atoms with Crippen molar-refractivity contribution in [3.05, 3.63) is 21.9 Å². The van der Waals surface area contributed by atoms with Crippen molar-refractivity contribution < 1.29 is 4.79 Å². The third kappa shape index (κ3) is 3.23. The zero-order valence-corrected chi connectivity index (χ0v) is 10.6. The van der Waals surface area contributed by atoms with Gasteiger partial charge in [0.1, 0.15) is 0 Å². The Morgan fingerprint density at radius 1 is 1.56 bits per heavy atom. The molecule has 88 valence electrons. The topological polar surface area (TPSA) is 41.1 Å². The maximum absolute atomic E-state index is 11.5. The van der Waals surface area contributed by atoms with E-state index in [1.807, 2.05) is 0 Å². The molecule has 1 heterocycles. The van der Waals surface area contributed by atoms with Crippen LogP contribution in [0.2, 0.25) is 0 Å². The van der Waals surface area contributed by atoms with Crippen LogP contribution >= 0.6 is 11.3 Å². The Balaban J connectivity index is 1.70. The van der Waals surface area contributed by atoms with E-state index in [1.165, 1.54) is 22.6 Å². The number of aryl methyl sites for hydroxylation is 1. The van der Waals surface area contributed by atoms with E-state index in [2.05, 4.69) is 36.6 Å². The van der Waals surface area contributed by atoms with Crippen molar-refractivity contribution in [1.29, 1.82) is 0 Å². The number of hydrogen-bond donors (Lipinski definition) is 2. The maximum atomic E-state index is 11.5. The average molecular weight is 238 g/mol. The summed E-state index contributed by atoms with van der Waals surface area (Å²) in [4.78, 5) is 14.0. The molecular formula is C12H18N2OS. The van der Waals surface area contributed by atoms with Crippen molar-refractivity contribution >= 4 is 17.4 Å². The number of carbonyl (C=O) groups is 1. The van der Waals surface area contributed by atoms with Crippen LogP contribution in [-0.2, 0) is 6.54 Å². The molecule has 16 heavy (non-hydrogen) atoms. The lowest BCUT2D eigenvalue weighted by atomic mass is 10.2. The summed E-state index contributed by atoms with van der Waals surface area (Å²) in [7, 11) is 0. The summed E-state index contributed by atoms with van der Waals surface area (Å²) in [5, 5.41) is 5.86. The molecule has 1 aromatic heterocycles. The fourth-order valence-corrected chi connectivity index (χ4v) is 2.55. The molecule has 0 radical (unpaired) electrons. The minimum Gasteiger partial charge on any atom is -0.335 e. The lowest BCUT2D eigenvalue weighted by Gasteiger charge is -2.13. The Labute approximate surface area is 100 Å². The van der Waals surface area contributed by atoms with Crippen molar-refractivity contribution in [3.63, 3.8) is 0 Å². The summed E-state index contributed by atoms with van der Waals surface area (Å²) in [5.41, 5.74) is 0. The van der Waals surface area contributed by atoms with Gasteiger partial charge in [0.15, 0.2) is 0 Å². The molecule has 1 aromatic rings. The van der Waals surface area contributed by atoms with Gasteiger partial charge in [0, 0.05) is 15.8 Å². The van der Waals surface area contributed by atoms with Crippen molar-refractivity contribution in [1.82, 2.24) is 10.6 Å². The minimum absolute atomic E-state index is 0.0505. The van der Waals surface area contributed by atoms with Gasteiger partial charge in [-0.05, 0) is 44.7 Å². The molecule has 1 aliphatic rings. The van der Waals surface area contributed by atoms with Crippen molar-refractivity contribution in [2.45, 2.75) is 39.3 Å². The molecule has 1 aliphatic carbocycles. The predicted molar refractivity (Wildman–Crippen MR) is 66.6 cm³/mol. The summed E-state index contributed by atoms with van der Waals surface area (Å²) in [6.45, 7) is 4.78. The van der Waals surface area contributed by atoms with Gasteiger partial charge in [-0.1, -0.05) is 0 Å². The summed E-state index contributed by atoms with van der Waals surface area (Å²) in [6, 6.07) is 4.40. The Bertz CT molecular complexity index is 371. The van der Waals surface area contributed by atoms with Crippen LogP contribution in [0.1, 0.15) is 29.5 Å². The summed E-state index contributed by atoms with van der Waals surface area (Å²) in [6.07, 6.45) is 2.51. The van der Waals surface area contributed by atoms with Gasteiger partial charge in [-0.3, -0.25) is 0 Å². The summed E-state index contributed by atoms with van der Waals surface area (Å²) >= 11 is 1.72. The van der Waals surface area contributed by atoms with Crippen LogP contribution in [0.15, 0.2) is 12.1 Å². The summed E-state index contributed by atoms with van der Waals surface area (Å²) in [5.74, 6) is 0.703. The fraction of sp³-hybridized carbons (Fsp3) is 0.583. The molecule has 1 atom stereocenters. The SMILES string of the molecule is Cc1ccc(CNC(=O)NC(C)C2CC2)s1. The highest BCUT2D eigenvalue weighted by Crippen LogP contribution is 2.32. The van der Waals surface area contributed by atoms with Gasteiger partial charge in [-0.15, -0.1) is 11.3 Å². The third-order valence-corrected chi connectivity index (χ3v) is 3.91. The first-order valence-corrected chi connectivity index (χ1v) is 6.56. The third-order valence-electron chi connectivity index (χ3n) is 2.91. The van der Waals surface area contributed by atoms with Crippen molar-refractivity contribution in [2.75, 3.05) is 0 Å². The average Bonchev–Trinajstić information content (AvgIpc) is 3.00. The molecule has 4 heteroatoms. The minimum atomic E-state index is -0.0505. The number of amides is 2. The van der Waals surface area contributed by atoms with E-state index < -0.39 is 0 Å². The van der Waals surface area contributed by atoms with Crippen LogP contribution in [0.25, 0.3) is 0 Å². The molecule has 3 nitrogen and oxygen atoms in total. The first-order chi connectivity index (χ1) is 7.65. The highest BCUT2D eigenvalue weighted by atomic mass is 32.1. The summed E-state index contributed by atoms with van der Waals surface area (Å²) < 4.78 is 0. The largest absolute Gasteiger partial charge is 0.335 e. The van der Waals surface area contributed by atoms with E-state index in [0.717, 1.165) is 0 Å². The monoisotopic (exact) mass is 238 g/mol. The number of nitrogens with one attached hydrogen (secondary N) is 2. The molecule has 0 aromatic carbocycles. The molecule has 2 amide bonds. The Kier molecular flexibility index (Phi) is 3.49. The molecule has 0 aliphatic heterocycles. The van der Waals surface area contributed by atoms with E-state index in [1.54, 1.807) is 11.3 Å². The smallest absolute Gasteiger partial charge is 0.315 e. The molecule has 0 saturated heterocycles. The maximum Gasteiger partial charge on any atom is 0.315 e. The lowest BCUT2D eigenvalue weighted by Crippen LogP contribution is -2.41. The second kappa shape index (κ2) is 4.87. The van der Waals surface area contributed by atoms with E-state index in [4.69, 9.17) is 0 Å². The first-order valence-electron chi connectivity index (χ1n) is 5.75. The van der Waals surface area contributed by atoms with E-state index >= 15 is 0 Å². The highest BCUT2D eigenvalue weighted by Gasteiger charge is 2.28. The quantitative estimate of drug-likeness (QED) is 0.832. The highest BCUT2D eigenvalue weighted by molar-refractivity contribution is 7.11. The molecular weight excluding hydrogens is 220 g/mol. The van der Waals surface area contributed by atoms with Crippen molar-refractivity contribution in [2.24, 2.45) is 5.92 Å². The molecule has 0 bridgehead atoms. The predicted octanol–water partition coefficient (Wildman–Crippen LogP) is 2.65. The lowest BCUT2D eigenvalue weighted by molar-refractivity contribution is 0.236. The van der Waals surface area contributed by atoms with Gasteiger partial charge in [0.25, 0.3) is 0 Å². The van der Waals surface area contributed by atoms with E-state index in [0.29, 0.717) is 18.5 Å². The van der Waals surface area contributed by atoms with Gasteiger partial charge in [-0.25, -0.2) is 4.79 Å². The molecule has 2 rings (SSSR count).